The summed E-state index contributed by atoms with van der Waals surface area (Å²) in [7, 11) is 0. The van der Waals surface area contributed by atoms with Crippen molar-refractivity contribution in [3.05, 3.63) is 0 Å². The summed E-state index contributed by atoms with van der Waals surface area (Å²) in [6.07, 6.45) is 7.92. The summed E-state index contributed by atoms with van der Waals surface area (Å²) in [5.74, 6) is 0. The SMILES string of the molecule is C.C.C.C.CC.CC.CC.CC.CC.CC.CC.CC.CC.CC.CCCC.CCCC.CCCC.[3HH].[3H][3H]. The summed E-state index contributed by atoms with van der Waals surface area (Å²) in [6.45, 7) is 53.1. The van der Waals surface area contributed by atoms with Gasteiger partial charge in [-0.05, 0) is 0 Å². The molecule has 0 aliphatic carbocycles. The maximum atomic E-state index is 5.00. The van der Waals surface area contributed by atoms with Gasteiger partial charge in [-0.25, -0.2) is 0 Å². The molecule has 0 aliphatic heterocycles. The molecule has 0 saturated carbocycles. The molecule has 0 saturated heterocycles. The fourth-order valence-corrected chi connectivity index (χ4v) is 0. The zero-order valence-electron chi connectivity index (χ0n) is 32.2. The predicted octanol–water partition coefficient (Wildman–Crippen LogP) is 18.7. The van der Waals surface area contributed by atoms with E-state index in [1.165, 1.54) is 38.5 Å². The standard InChI is InChI=1S/3C4H10.10C2H6.4CH4.2H2/c3*1-3-4-2;10*1-2;;;;;;/h3*3-4H2,1-2H3;10*1-2H3;4*1H4;2*1H/i;;;;;;;;;;;;;;;;;1+2T;1+2. The topological polar surface area (TPSA) is 0 Å². The highest BCUT2D eigenvalue weighted by atomic mass is 13.6. The summed E-state index contributed by atoms with van der Waals surface area (Å²) in [5.41, 5.74) is 0. The number of hydrogen-bond donors (Lipinski definition) is 0. The lowest BCUT2D eigenvalue weighted by atomic mass is 10.4. The highest BCUT2D eigenvalue weighted by Gasteiger charge is 1.57. The van der Waals surface area contributed by atoms with Crippen LogP contribution in [0.3, 0.4) is 0 Å². The number of rotatable bonds is 3. The van der Waals surface area contributed by atoms with E-state index < -0.39 is 0 Å². The van der Waals surface area contributed by atoms with Crippen molar-refractivity contribution in [3.8, 4) is 0 Å². The van der Waals surface area contributed by atoms with Gasteiger partial charge in [0.25, 0.3) is 0 Å². The van der Waals surface area contributed by atoms with Crippen LogP contribution in [-0.4, -0.2) is 0 Å². The van der Waals surface area contributed by atoms with E-state index in [0.717, 1.165) is 0 Å². The molecule has 0 N–H and O–H groups in total. The van der Waals surface area contributed by atoms with Crippen molar-refractivity contribution in [1.82, 2.24) is 0 Å². The van der Waals surface area contributed by atoms with E-state index in [2.05, 4.69) is 41.5 Å². The Morgan fingerprint density at radius 2 is 0.250 bits per heavy atom. The van der Waals surface area contributed by atoms with Crippen LogP contribution < -0.4 is 0 Å². The minimum Gasteiger partial charge on any atom is -0.0776 e. The van der Waals surface area contributed by atoms with Crippen molar-refractivity contribution < 1.29 is 4.40 Å². The Morgan fingerprint density at radius 1 is 0.222 bits per heavy atom. The maximum absolute atomic E-state index is 5.00. The Labute approximate surface area is 252 Å². The molecule has 0 heterocycles. The van der Waals surface area contributed by atoms with Crippen LogP contribution in [0.4, 0.5) is 0 Å². The van der Waals surface area contributed by atoms with Gasteiger partial charge in [-0.1, -0.05) is 248 Å². The van der Waals surface area contributed by atoms with Gasteiger partial charge in [0.2, 0.25) is 0 Å². The van der Waals surface area contributed by atoms with Crippen LogP contribution in [0.15, 0.2) is 0 Å². The molecule has 0 aromatic carbocycles. The lowest BCUT2D eigenvalue weighted by Gasteiger charge is -1.68. The molecule has 0 aromatic rings. The van der Waals surface area contributed by atoms with Crippen molar-refractivity contribution in [1.29, 1.82) is 0 Å². The molecule has 0 spiro atoms. The third kappa shape index (κ3) is 4110. The second-order valence-electron chi connectivity index (χ2n) is 3.00. The van der Waals surface area contributed by atoms with E-state index >= 15 is 0 Å². The van der Waals surface area contributed by atoms with Gasteiger partial charge in [-0.3, -0.25) is 0 Å². The van der Waals surface area contributed by atoms with Crippen LogP contribution >= 0.6 is 0 Å². The van der Waals surface area contributed by atoms with Gasteiger partial charge in [0.1, 0.15) is 0 Å². The quantitative estimate of drug-likeness (QED) is 0.329. The molecular formula is C36H110. The fraction of sp³-hybridized carbons (Fsp3) is 1.00. The van der Waals surface area contributed by atoms with Gasteiger partial charge in [0, 0.05) is 4.40 Å². The second kappa shape index (κ2) is 1120. The first-order valence-corrected chi connectivity index (χ1v) is 15.7. The molecule has 0 bridgehead atoms. The van der Waals surface area contributed by atoms with Crippen LogP contribution in [0.2, 0.25) is 0 Å². The Bertz CT molecular complexity index is 30.8. The van der Waals surface area contributed by atoms with Crippen molar-refractivity contribution in [2.75, 3.05) is 0 Å². The Balaban J connectivity index is -0.00000000652. The van der Waals surface area contributed by atoms with E-state index in [1.54, 1.807) is 0 Å². The number of unbranched alkanes of at least 4 members (excludes halogenated alkanes) is 3. The van der Waals surface area contributed by atoms with E-state index in [1.807, 2.05) is 138 Å². The third-order valence-corrected chi connectivity index (χ3v) is 1.50. The highest BCUT2D eigenvalue weighted by molar-refractivity contribution is 4.13. The van der Waals surface area contributed by atoms with Gasteiger partial charge in [-0.15, -0.1) is 0 Å². The Kier molecular flexibility index (Phi) is 3440. The Hall–Kier alpha value is 0. The van der Waals surface area contributed by atoms with E-state index in [-0.39, 0.29) is 31.1 Å². The smallest absolute Gasteiger partial charge is 0 e. The van der Waals surface area contributed by atoms with E-state index in [0.29, 0.717) is 0 Å². The summed E-state index contributed by atoms with van der Waals surface area (Å²) in [4.78, 5) is 0. The molecular weight excluding hydrogens is 432 g/mol. The molecule has 0 heteroatoms. The minimum atomic E-state index is 0. The molecule has 0 rings (SSSR count). The summed E-state index contributed by atoms with van der Waals surface area (Å²) >= 11 is 0. The number of hydrogen-bond acceptors (Lipinski definition) is 0. The molecule has 36 heavy (non-hydrogen) atoms. The lowest BCUT2D eigenvalue weighted by Crippen LogP contribution is -1.47. The third-order valence-electron chi connectivity index (χ3n) is 1.50. The fourth-order valence-electron chi connectivity index (χ4n) is 0. The molecule has 0 atom stereocenters. The van der Waals surface area contributed by atoms with E-state index in [4.69, 9.17) is 2.97 Å². The van der Waals surface area contributed by atoms with Crippen LogP contribution in [0, 0.1) is 0 Å². The van der Waals surface area contributed by atoms with Crippen molar-refractivity contribution in [3.63, 3.8) is 0 Å². The maximum Gasteiger partial charge on any atom is 0 e. The van der Waals surface area contributed by atoms with Gasteiger partial charge >= 0.3 is 0 Å². The van der Waals surface area contributed by atoms with E-state index in [9.17, 15) is 0 Å². The van der Waals surface area contributed by atoms with Crippen LogP contribution in [0.25, 0.3) is 0 Å². The lowest BCUT2D eigenvalue weighted by molar-refractivity contribution is 0.886. The minimum absolute atomic E-state index is 0. The van der Waals surface area contributed by atoms with Gasteiger partial charge in [-0.2, -0.15) is 0 Å². The molecule has 0 unspecified atom stereocenters. The normalized spacial score (nSPS) is 4.39. The van der Waals surface area contributed by atoms with Gasteiger partial charge in [0.05, 0.1) is 0 Å². The zero-order chi connectivity index (χ0) is 32.2. The van der Waals surface area contributed by atoms with Crippen LogP contribution in [-0.2, 0) is 0 Å². The average molecular weight is 549 g/mol. The van der Waals surface area contributed by atoms with Gasteiger partial charge < -0.3 is 0 Å². The van der Waals surface area contributed by atoms with Crippen LogP contribution in [0.1, 0.15) is 253 Å². The summed E-state index contributed by atoms with van der Waals surface area (Å²) in [6, 6.07) is 0. The molecule has 0 aliphatic rings. The molecule has 0 aromatic heterocycles. The second-order valence-corrected chi connectivity index (χ2v) is 3.00. The first-order chi connectivity index (χ1) is 16.7. The zero-order valence-corrected chi connectivity index (χ0v) is 30.2. The first kappa shape index (κ1) is 110. The Morgan fingerprint density at radius 3 is 0.250 bits per heavy atom. The molecule has 0 fully saturated rings. The van der Waals surface area contributed by atoms with Gasteiger partial charge in [0.15, 0.2) is 0 Å². The van der Waals surface area contributed by atoms with Crippen molar-refractivity contribution in [2.24, 2.45) is 0 Å². The van der Waals surface area contributed by atoms with Crippen molar-refractivity contribution >= 4 is 0 Å². The molecule has 0 nitrogen and oxygen atoms in total. The highest BCUT2D eigenvalue weighted by Crippen LogP contribution is 1.77. The predicted molar refractivity (Wildman–Crippen MR) is 206 cm³/mol. The summed E-state index contributed by atoms with van der Waals surface area (Å²) in [5, 5.41) is 0. The first-order valence-electron chi connectivity index (χ1n) is 16.7. The van der Waals surface area contributed by atoms with Crippen molar-refractivity contribution in [2.45, 2.75) is 248 Å². The largest absolute Gasteiger partial charge is 0.0776 e. The summed E-state index contributed by atoms with van der Waals surface area (Å²) < 4.78 is 10.0. The molecule has 0 amide bonds. The molecule has 254 valence electrons. The average Bonchev–Trinajstić information content (AvgIpc) is 3.04. The monoisotopic (exact) mass is 549 g/mol. The molecule has 0 radical (unpaired) electrons. The van der Waals surface area contributed by atoms with Crippen LogP contribution in [0.5, 0.6) is 0 Å².